The Hall–Kier alpha value is -2.34. The third kappa shape index (κ3) is 2.70. The Morgan fingerprint density at radius 3 is 2.39 bits per heavy atom. The van der Waals surface area contributed by atoms with Gasteiger partial charge in [0.1, 0.15) is 5.75 Å². The number of fused-ring (bicyclic) bond motifs is 3. The van der Waals surface area contributed by atoms with Gasteiger partial charge < -0.3 is 14.7 Å². The average molecular weight is 320 g/mol. The standard InChI is InChI=1S/C18H13BO3S/c20-19(21)22-14-5-3-4-12(10-14)13-8-9-18-16(11-13)15-6-1-2-7-17(15)23-18/h1-11,20-21H. The zero-order chi connectivity index (χ0) is 15.8. The smallest absolute Gasteiger partial charge is 0.512 e. The molecule has 0 radical (unpaired) electrons. The topological polar surface area (TPSA) is 49.7 Å². The Labute approximate surface area is 137 Å². The summed E-state index contributed by atoms with van der Waals surface area (Å²) in [5.41, 5.74) is 2.04. The molecule has 0 atom stereocenters. The van der Waals surface area contributed by atoms with E-state index < -0.39 is 7.32 Å². The molecule has 0 amide bonds. The van der Waals surface area contributed by atoms with Crippen molar-refractivity contribution in [2.45, 2.75) is 0 Å². The van der Waals surface area contributed by atoms with E-state index in [1.165, 1.54) is 20.2 Å². The predicted molar refractivity (Wildman–Crippen MR) is 95.6 cm³/mol. The monoisotopic (exact) mass is 320 g/mol. The maximum Gasteiger partial charge on any atom is 0.707 e. The second kappa shape index (κ2) is 5.70. The van der Waals surface area contributed by atoms with Gasteiger partial charge >= 0.3 is 7.32 Å². The normalized spacial score (nSPS) is 11.0. The van der Waals surface area contributed by atoms with Gasteiger partial charge in [-0.1, -0.05) is 36.4 Å². The number of hydrogen-bond donors (Lipinski definition) is 2. The fourth-order valence-electron chi connectivity index (χ4n) is 2.78. The minimum atomic E-state index is -1.81. The fraction of sp³-hybridized carbons (Fsp3) is 0. The lowest BCUT2D eigenvalue weighted by Crippen LogP contribution is -2.20. The maximum atomic E-state index is 8.93. The number of rotatable bonds is 3. The van der Waals surface area contributed by atoms with Crippen LogP contribution < -0.4 is 4.65 Å². The van der Waals surface area contributed by atoms with E-state index in [1.54, 1.807) is 23.5 Å². The summed E-state index contributed by atoms with van der Waals surface area (Å²) in [5.74, 6) is 0.424. The van der Waals surface area contributed by atoms with Crippen LogP contribution in [0.1, 0.15) is 0 Å². The molecule has 0 aliphatic heterocycles. The Bertz CT molecular complexity index is 994. The van der Waals surface area contributed by atoms with Gasteiger partial charge in [0.05, 0.1) is 0 Å². The third-order valence-corrected chi connectivity index (χ3v) is 4.94. The first-order valence-electron chi connectivity index (χ1n) is 7.25. The Morgan fingerprint density at radius 2 is 1.52 bits per heavy atom. The van der Waals surface area contributed by atoms with E-state index in [2.05, 4.69) is 42.5 Å². The van der Waals surface area contributed by atoms with Gasteiger partial charge in [-0.25, -0.2) is 0 Å². The number of thiophene rings is 1. The minimum absolute atomic E-state index is 0.424. The van der Waals surface area contributed by atoms with Gasteiger partial charge in [0, 0.05) is 20.2 Å². The lowest BCUT2D eigenvalue weighted by atomic mass is 10.0. The Kier molecular flexibility index (Phi) is 3.54. The van der Waals surface area contributed by atoms with Gasteiger partial charge in [0.25, 0.3) is 0 Å². The summed E-state index contributed by atoms with van der Waals surface area (Å²) in [4.78, 5) is 0. The van der Waals surface area contributed by atoms with Gasteiger partial charge in [-0.3, -0.25) is 0 Å². The van der Waals surface area contributed by atoms with E-state index in [0.717, 1.165) is 11.1 Å². The van der Waals surface area contributed by atoms with Crippen molar-refractivity contribution in [1.29, 1.82) is 0 Å². The zero-order valence-corrected chi connectivity index (χ0v) is 13.0. The molecule has 23 heavy (non-hydrogen) atoms. The van der Waals surface area contributed by atoms with Crippen molar-refractivity contribution in [2.24, 2.45) is 0 Å². The molecule has 3 aromatic carbocycles. The summed E-state index contributed by atoms with van der Waals surface area (Å²) in [6.45, 7) is 0. The van der Waals surface area contributed by atoms with E-state index in [9.17, 15) is 0 Å². The highest BCUT2D eigenvalue weighted by Gasteiger charge is 2.12. The van der Waals surface area contributed by atoms with Crippen LogP contribution in [0.4, 0.5) is 0 Å². The SMILES string of the molecule is OB(O)Oc1cccc(-c2ccc3sc4ccccc4c3c2)c1. The first kappa shape index (κ1) is 14.3. The molecule has 0 bridgehead atoms. The van der Waals surface area contributed by atoms with Crippen LogP contribution in [0.3, 0.4) is 0 Å². The fourth-order valence-corrected chi connectivity index (χ4v) is 3.86. The molecule has 1 heterocycles. The molecule has 0 unspecified atom stereocenters. The minimum Gasteiger partial charge on any atom is -0.512 e. The number of hydrogen-bond acceptors (Lipinski definition) is 4. The largest absolute Gasteiger partial charge is 0.707 e. The molecule has 3 nitrogen and oxygen atoms in total. The van der Waals surface area contributed by atoms with Crippen molar-refractivity contribution < 1.29 is 14.7 Å². The molecular weight excluding hydrogens is 307 g/mol. The van der Waals surface area contributed by atoms with Crippen LogP contribution in [0.15, 0.2) is 66.7 Å². The Morgan fingerprint density at radius 1 is 0.739 bits per heavy atom. The highest BCUT2D eigenvalue weighted by Crippen LogP contribution is 2.36. The van der Waals surface area contributed by atoms with Gasteiger partial charge in [-0.15, -0.1) is 11.3 Å². The molecule has 2 N–H and O–H groups in total. The molecule has 1 aromatic heterocycles. The second-order valence-electron chi connectivity index (χ2n) is 5.28. The molecule has 0 saturated heterocycles. The summed E-state index contributed by atoms with van der Waals surface area (Å²) in [5, 5.41) is 20.4. The first-order chi connectivity index (χ1) is 11.2. The molecular formula is C18H13BO3S. The molecule has 4 aromatic rings. The van der Waals surface area contributed by atoms with Crippen molar-refractivity contribution >= 4 is 38.8 Å². The quantitative estimate of drug-likeness (QED) is 0.560. The van der Waals surface area contributed by atoms with Crippen molar-refractivity contribution in [3.8, 4) is 16.9 Å². The maximum absolute atomic E-state index is 8.93. The lowest BCUT2D eigenvalue weighted by Gasteiger charge is -2.07. The third-order valence-electron chi connectivity index (χ3n) is 3.79. The molecule has 0 aliphatic rings. The molecule has 0 aliphatic carbocycles. The highest BCUT2D eigenvalue weighted by molar-refractivity contribution is 7.25. The second-order valence-corrected chi connectivity index (χ2v) is 6.36. The average Bonchev–Trinajstić information content (AvgIpc) is 2.92. The number of benzene rings is 3. The summed E-state index contributed by atoms with van der Waals surface area (Å²) in [6, 6.07) is 22.1. The van der Waals surface area contributed by atoms with E-state index in [0.29, 0.717) is 5.75 Å². The predicted octanol–water partition coefficient (Wildman–Crippen LogP) is 4.07. The lowest BCUT2D eigenvalue weighted by molar-refractivity contribution is 0.288. The van der Waals surface area contributed by atoms with E-state index in [1.807, 2.05) is 12.1 Å². The van der Waals surface area contributed by atoms with E-state index in [4.69, 9.17) is 14.7 Å². The van der Waals surface area contributed by atoms with Crippen LogP contribution in [0, 0.1) is 0 Å². The molecule has 0 spiro atoms. The first-order valence-corrected chi connectivity index (χ1v) is 8.07. The molecule has 112 valence electrons. The summed E-state index contributed by atoms with van der Waals surface area (Å²) < 4.78 is 7.47. The van der Waals surface area contributed by atoms with Gasteiger partial charge in [0.15, 0.2) is 0 Å². The summed E-state index contributed by atoms with van der Waals surface area (Å²) in [6.07, 6.45) is 0. The van der Waals surface area contributed by atoms with Crippen LogP contribution in [0.5, 0.6) is 5.75 Å². The van der Waals surface area contributed by atoms with Gasteiger partial charge in [0.2, 0.25) is 0 Å². The van der Waals surface area contributed by atoms with Gasteiger partial charge in [-0.05, 0) is 41.5 Å². The highest BCUT2D eigenvalue weighted by atomic mass is 32.1. The molecule has 5 heteroatoms. The molecule has 0 fully saturated rings. The van der Waals surface area contributed by atoms with Crippen molar-refractivity contribution in [2.75, 3.05) is 0 Å². The van der Waals surface area contributed by atoms with Crippen molar-refractivity contribution in [3.05, 3.63) is 66.7 Å². The van der Waals surface area contributed by atoms with Crippen LogP contribution in [0.2, 0.25) is 0 Å². The Balaban J connectivity index is 1.84. The van der Waals surface area contributed by atoms with Crippen molar-refractivity contribution in [3.63, 3.8) is 0 Å². The van der Waals surface area contributed by atoms with Crippen LogP contribution in [0.25, 0.3) is 31.3 Å². The van der Waals surface area contributed by atoms with E-state index in [-0.39, 0.29) is 0 Å². The molecule has 0 saturated carbocycles. The summed E-state index contributed by atoms with van der Waals surface area (Å²) in [7, 11) is -1.81. The zero-order valence-electron chi connectivity index (χ0n) is 12.1. The van der Waals surface area contributed by atoms with E-state index >= 15 is 0 Å². The molecule has 4 rings (SSSR count). The van der Waals surface area contributed by atoms with Crippen LogP contribution in [-0.4, -0.2) is 17.4 Å². The van der Waals surface area contributed by atoms with Gasteiger partial charge in [-0.2, -0.15) is 0 Å². The van der Waals surface area contributed by atoms with Crippen molar-refractivity contribution in [1.82, 2.24) is 0 Å². The van der Waals surface area contributed by atoms with Crippen LogP contribution >= 0.6 is 11.3 Å². The summed E-state index contributed by atoms with van der Waals surface area (Å²) >= 11 is 1.79. The van der Waals surface area contributed by atoms with Crippen LogP contribution in [-0.2, 0) is 0 Å².